The van der Waals surface area contributed by atoms with E-state index in [1.54, 1.807) is 26.0 Å². The standard InChI is InChI=1S/C20H16FN5O4S/c1-11-18(26(28)29)12(2)24(23-11)10-16-8-7-15(30-16)9-17-19(27)25(20(31)22-17)14-5-3-13(21)4-6-14/h3-9H,10H2,1-2H3,(H,22,31). The first-order valence-electron chi connectivity index (χ1n) is 9.14. The van der Waals surface area contributed by atoms with Gasteiger partial charge in [-0.25, -0.2) is 4.39 Å². The highest BCUT2D eigenvalue weighted by Crippen LogP contribution is 2.25. The first kappa shape index (κ1) is 20.4. The Hall–Kier alpha value is -3.86. The number of nitro groups is 1. The molecule has 1 aromatic carbocycles. The predicted octanol–water partition coefficient (Wildman–Crippen LogP) is 3.45. The molecule has 31 heavy (non-hydrogen) atoms. The number of benzene rings is 1. The minimum Gasteiger partial charge on any atom is -0.460 e. The summed E-state index contributed by atoms with van der Waals surface area (Å²) in [7, 11) is 0. The van der Waals surface area contributed by atoms with E-state index < -0.39 is 16.6 Å². The summed E-state index contributed by atoms with van der Waals surface area (Å²) in [6.45, 7) is 3.40. The summed E-state index contributed by atoms with van der Waals surface area (Å²) in [5.41, 5.74) is 1.37. The number of rotatable bonds is 5. The number of thiocarbonyl (C=S) groups is 1. The lowest BCUT2D eigenvalue weighted by Crippen LogP contribution is -2.30. The van der Waals surface area contributed by atoms with Crippen LogP contribution >= 0.6 is 12.2 Å². The Morgan fingerprint density at radius 3 is 2.61 bits per heavy atom. The quantitative estimate of drug-likeness (QED) is 0.280. The third kappa shape index (κ3) is 3.82. The van der Waals surface area contributed by atoms with Gasteiger partial charge in [-0.3, -0.25) is 24.5 Å². The van der Waals surface area contributed by atoms with Crippen LogP contribution in [-0.4, -0.2) is 25.7 Å². The molecule has 3 heterocycles. The van der Waals surface area contributed by atoms with Gasteiger partial charge in [0.2, 0.25) is 0 Å². The van der Waals surface area contributed by atoms with Crippen LogP contribution in [0.25, 0.3) is 6.08 Å². The van der Waals surface area contributed by atoms with E-state index in [2.05, 4.69) is 10.4 Å². The zero-order valence-electron chi connectivity index (χ0n) is 16.5. The molecular formula is C20H16FN5O4S. The van der Waals surface area contributed by atoms with Crippen molar-refractivity contribution in [3.8, 4) is 0 Å². The SMILES string of the molecule is Cc1nn(Cc2ccc(C=C3NC(=S)N(c4ccc(F)cc4)C3=O)o2)c(C)c1[N+](=O)[O-]. The van der Waals surface area contributed by atoms with E-state index in [1.165, 1.54) is 39.9 Å². The molecule has 1 fully saturated rings. The highest BCUT2D eigenvalue weighted by Gasteiger charge is 2.32. The highest BCUT2D eigenvalue weighted by atomic mass is 32.1. The molecule has 0 aliphatic carbocycles. The van der Waals surface area contributed by atoms with Crippen molar-refractivity contribution in [3.63, 3.8) is 0 Å². The van der Waals surface area contributed by atoms with Crippen LogP contribution in [0.1, 0.15) is 22.9 Å². The summed E-state index contributed by atoms with van der Waals surface area (Å²) in [6, 6.07) is 8.78. The molecule has 1 amide bonds. The van der Waals surface area contributed by atoms with Crippen LogP contribution in [0.3, 0.4) is 0 Å². The van der Waals surface area contributed by atoms with Crippen molar-refractivity contribution in [1.82, 2.24) is 15.1 Å². The number of aryl methyl sites for hydroxylation is 1. The average Bonchev–Trinajstić information content (AvgIpc) is 3.34. The lowest BCUT2D eigenvalue weighted by atomic mass is 10.2. The Morgan fingerprint density at radius 1 is 1.26 bits per heavy atom. The van der Waals surface area contributed by atoms with Gasteiger partial charge in [0.1, 0.15) is 34.4 Å². The molecule has 1 N–H and O–H groups in total. The van der Waals surface area contributed by atoms with E-state index in [1.807, 2.05) is 0 Å². The third-order valence-electron chi connectivity index (χ3n) is 4.76. The zero-order valence-corrected chi connectivity index (χ0v) is 17.3. The van der Waals surface area contributed by atoms with Crippen LogP contribution in [0.5, 0.6) is 0 Å². The maximum atomic E-state index is 13.2. The van der Waals surface area contributed by atoms with Crippen LogP contribution in [0.15, 0.2) is 46.5 Å². The van der Waals surface area contributed by atoms with E-state index in [0.29, 0.717) is 28.6 Å². The van der Waals surface area contributed by atoms with Gasteiger partial charge in [0.25, 0.3) is 5.91 Å². The number of nitrogens with one attached hydrogen (secondary N) is 1. The molecule has 2 aromatic heterocycles. The van der Waals surface area contributed by atoms with Gasteiger partial charge in [0.05, 0.1) is 17.2 Å². The Labute approximate surface area is 180 Å². The van der Waals surface area contributed by atoms with E-state index in [0.717, 1.165) is 0 Å². The van der Waals surface area contributed by atoms with Crippen LogP contribution < -0.4 is 10.2 Å². The minimum atomic E-state index is -0.459. The first-order chi connectivity index (χ1) is 14.7. The lowest BCUT2D eigenvalue weighted by molar-refractivity contribution is -0.386. The summed E-state index contributed by atoms with van der Waals surface area (Å²) in [6.07, 6.45) is 1.51. The van der Waals surface area contributed by atoms with Gasteiger partial charge in [-0.15, -0.1) is 0 Å². The van der Waals surface area contributed by atoms with E-state index >= 15 is 0 Å². The Morgan fingerprint density at radius 2 is 1.97 bits per heavy atom. The van der Waals surface area contributed by atoms with E-state index in [-0.39, 0.29) is 23.0 Å². The van der Waals surface area contributed by atoms with Crippen molar-refractivity contribution in [1.29, 1.82) is 0 Å². The van der Waals surface area contributed by atoms with Crippen molar-refractivity contribution >= 4 is 40.7 Å². The minimum absolute atomic E-state index is 0.0240. The van der Waals surface area contributed by atoms with E-state index in [4.69, 9.17) is 16.6 Å². The van der Waals surface area contributed by atoms with Gasteiger partial charge < -0.3 is 9.73 Å². The summed E-state index contributed by atoms with van der Waals surface area (Å²) in [4.78, 5) is 24.7. The van der Waals surface area contributed by atoms with Crippen molar-refractivity contribution in [2.75, 3.05) is 4.90 Å². The van der Waals surface area contributed by atoms with Crippen molar-refractivity contribution in [3.05, 3.63) is 80.9 Å². The molecule has 0 radical (unpaired) electrons. The summed E-state index contributed by atoms with van der Waals surface area (Å²) < 4.78 is 20.4. The molecular weight excluding hydrogens is 425 g/mol. The fourth-order valence-electron chi connectivity index (χ4n) is 3.31. The molecule has 1 saturated heterocycles. The van der Waals surface area contributed by atoms with Crippen LogP contribution in [0.2, 0.25) is 0 Å². The Bertz CT molecular complexity index is 1240. The van der Waals surface area contributed by atoms with Gasteiger partial charge >= 0.3 is 5.69 Å². The number of anilines is 1. The predicted molar refractivity (Wildman–Crippen MR) is 114 cm³/mol. The van der Waals surface area contributed by atoms with Crippen LogP contribution in [0, 0.1) is 29.8 Å². The Kier molecular flexibility index (Phi) is 5.11. The van der Waals surface area contributed by atoms with Gasteiger partial charge in [-0.1, -0.05) is 0 Å². The monoisotopic (exact) mass is 441 g/mol. The second-order valence-corrected chi connectivity index (χ2v) is 7.23. The number of furan rings is 1. The van der Waals surface area contributed by atoms with Gasteiger partial charge in [-0.05, 0) is 62.5 Å². The molecule has 0 bridgehead atoms. The van der Waals surface area contributed by atoms with Gasteiger partial charge in [-0.2, -0.15) is 5.10 Å². The molecule has 3 aromatic rings. The smallest absolute Gasteiger partial charge is 0.312 e. The molecule has 158 valence electrons. The van der Waals surface area contributed by atoms with Crippen molar-refractivity contribution < 1.29 is 18.5 Å². The molecule has 4 rings (SSSR count). The van der Waals surface area contributed by atoms with Crippen LogP contribution in [-0.2, 0) is 11.3 Å². The number of amides is 1. The fraction of sp³-hybridized carbons (Fsp3) is 0.150. The number of nitrogens with zero attached hydrogens (tertiary/aromatic N) is 4. The van der Waals surface area contributed by atoms with Crippen LogP contribution in [0.4, 0.5) is 15.8 Å². The van der Waals surface area contributed by atoms with Gasteiger partial charge in [0.15, 0.2) is 5.11 Å². The second-order valence-electron chi connectivity index (χ2n) is 6.84. The largest absolute Gasteiger partial charge is 0.460 e. The molecule has 0 spiro atoms. The normalized spacial score (nSPS) is 15.1. The van der Waals surface area contributed by atoms with E-state index in [9.17, 15) is 19.3 Å². The molecule has 0 atom stereocenters. The lowest BCUT2D eigenvalue weighted by Gasteiger charge is -2.13. The third-order valence-corrected chi connectivity index (χ3v) is 5.05. The van der Waals surface area contributed by atoms with Crippen molar-refractivity contribution in [2.45, 2.75) is 20.4 Å². The average molecular weight is 441 g/mol. The zero-order chi connectivity index (χ0) is 22.3. The molecule has 0 unspecified atom stereocenters. The number of carbonyl (C=O) groups is 1. The second kappa shape index (κ2) is 7.76. The van der Waals surface area contributed by atoms with Gasteiger partial charge in [0, 0.05) is 6.08 Å². The summed E-state index contributed by atoms with van der Waals surface area (Å²) >= 11 is 5.23. The molecule has 9 nitrogen and oxygen atoms in total. The maximum Gasteiger partial charge on any atom is 0.312 e. The number of halogens is 1. The topological polar surface area (TPSA) is 106 Å². The summed E-state index contributed by atoms with van der Waals surface area (Å²) in [5.74, 6) is 0.0891. The molecule has 11 heteroatoms. The summed E-state index contributed by atoms with van der Waals surface area (Å²) in [5, 5.41) is 18.4. The number of hydrogen-bond acceptors (Lipinski definition) is 6. The first-order valence-corrected chi connectivity index (χ1v) is 9.55. The number of hydrogen-bond donors (Lipinski definition) is 1. The molecule has 0 saturated carbocycles. The Balaban J connectivity index is 1.54. The fourth-order valence-corrected chi connectivity index (χ4v) is 3.61. The highest BCUT2D eigenvalue weighted by molar-refractivity contribution is 7.80. The maximum absolute atomic E-state index is 13.2. The van der Waals surface area contributed by atoms with Crippen molar-refractivity contribution in [2.24, 2.45) is 0 Å². The number of aromatic nitrogens is 2. The number of carbonyl (C=O) groups excluding carboxylic acids is 1. The molecule has 1 aliphatic rings. The molecule has 1 aliphatic heterocycles.